The van der Waals surface area contributed by atoms with Gasteiger partial charge in [-0.1, -0.05) is 34.1 Å². The molecular weight excluding hydrogens is 601 g/mol. The number of nitrogens with two attached hydrogens (primary N) is 1. The van der Waals surface area contributed by atoms with E-state index in [1.807, 2.05) is 0 Å². The highest BCUT2D eigenvalue weighted by molar-refractivity contribution is 7.89. The third-order valence-corrected chi connectivity index (χ3v) is 11.3. The van der Waals surface area contributed by atoms with E-state index in [1.54, 1.807) is 12.5 Å². The standard InChI is InChI=1S/C29H56BN7O7S/c1-7-45(41,42)33-15-10-8-9-13-25(38)34-21(12-11-14-32-27(31)36-37-40)26(39)35-24(16-19(2)3)30-43-23-18-20-17-22(28(20,4)5)29(23,6)44-30/h19-24,33,37,40H,7-18H2,1-6H3,(H,34,38)(H,35,39)(H3,31,32,36)/t20-,21-,22-,23+,24-,29-/m0/s1. The van der Waals surface area contributed by atoms with Crippen molar-refractivity contribution in [1.29, 1.82) is 0 Å². The number of guanidine groups is 1. The summed E-state index contributed by atoms with van der Waals surface area (Å²) in [5, 5.41) is 14.8. The number of nitrogens with zero attached hydrogens (tertiary/aromatic N) is 1. The second-order valence-corrected chi connectivity index (χ2v) is 16.1. The van der Waals surface area contributed by atoms with Crippen molar-refractivity contribution in [3.63, 3.8) is 0 Å². The molecule has 0 unspecified atom stereocenters. The molecule has 1 heterocycles. The molecule has 0 aromatic heterocycles. The molecule has 45 heavy (non-hydrogen) atoms. The predicted octanol–water partition coefficient (Wildman–Crippen LogP) is 1.35. The lowest BCUT2D eigenvalue weighted by Gasteiger charge is -2.64. The van der Waals surface area contributed by atoms with E-state index in [1.165, 1.54) is 0 Å². The summed E-state index contributed by atoms with van der Waals surface area (Å²) in [7, 11) is -3.82. The maximum absolute atomic E-state index is 13.7. The molecule has 4 aliphatic rings. The quantitative estimate of drug-likeness (QED) is 0.0349. The monoisotopic (exact) mass is 657 g/mol. The Kier molecular flexibility index (Phi) is 13.5. The van der Waals surface area contributed by atoms with Crippen LogP contribution in [-0.4, -0.2) is 81.0 Å². The fourth-order valence-electron chi connectivity index (χ4n) is 7.14. The van der Waals surface area contributed by atoms with Gasteiger partial charge in [0.15, 0.2) is 0 Å². The van der Waals surface area contributed by atoms with Crippen LogP contribution in [0, 0.1) is 23.2 Å². The first-order valence-electron chi connectivity index (χ1n) is 16.5. The van der Waals surface area contributed by atoms with Crippen molar-refractivity contribution in [2.24, 2.45) is 33.9 Å². The fraction of sp³-hybridized carbons (Fsp3) is 0.897. The number of carbonyl (C=O) groups excluding carboxylic acids is 2. The van der Waals surface area contributed by atoms with Crippen LogP contribution in [0.15, 0.2) is 4.99 Å². The molecule has 3 saturated carbocycles. The highest BCUT2D eigenvalue weighted by Crippen LogP contribution is 2.65. The molecule has 4 rings (SSSR count). The van der Waals surface area contributed by atoms with Gasteiger partial charge in [0.05, 0.1) is 23.4 Å². The molecule has 1 saturated heterocycles. The number of hydrazine groups is 1. The molecule has 0 aromatic rings. The van der Waals surface area contributed by atoms with E-state index in [0.29, 0.717) is 56.9 Å². The molecular formula is C29H56BN7O7S. The van der Waals surface area contributed by atoms with Crippen LogP contribution in [0.3, 0.4) is 0 Å². The number of rotatable bonds is 19. The maximum atomic E-state index is 13.7. The van der Waals surface area contributed by atoms with Crippen LogP contribution in [0.25, 0.3) is 0 Å². The lowest BCUT2D eigenvalue weighted by molar-refractivity contribution is -0.199. The summed E-state index contributed by atoms with van der Waals surface area (Å²) >= 11 is 0. The second-order valence-electron chi connectivity index (χ2n) is 14.0. The summed E-state index contributed by atoms with van der Waals surface area (Å²) in [6.45, 7) is 13.1. The third-order valence-electron chi connectivity index (χ3n) is 9.90. The van der Waals surface area contributed by atoms with Crippen molar-refractivity contribution in [3.8, 4) is 0 Å². The van der Waals surface area contributed by atoms with Gasteiger partial charge in [-0.3, -0.25) is 25.2 Å². The zero-order valence-corrected chi connectivity index (χ0v) is 28.7. The summed E-state index contributed by atoms with van der Waals surface area (Å²) in [5.74, 6) is 0.342. The summed E-state index contributed by atoms with van der Waals surface area (Å²) in [5.41, 5.74) is 9.42. The van der Waals surface area contributed by atoms with Gasteiger partial charge in [-0.05, 0) is 82.0 Å². The predicted molar refractivity (Wildman–Crippen MR) is 173 cm³/mol. The van der Waals surface area contributed by atoms with Crippen molar-refractivity contribution in [1.82, 2.24) is 26.4 Å². The van der Waals surface area contributed by atoms with Crippen molar-refractivity contribution >= 4 is 34.9 Å². The van der Waals surface area contributed by atoms with Crippen LogP contribution >= 0.6 is 0 Å². The lowest BCUT2D eigenvalue weighted by atomic mass is 9.43. The molecule has 14 nitrogen and oxygen atoms in total. The Labute approximate surface area is 269 Å². The van der Waals surface area contributed by atoms with Gasteiger partial charge in [-0.15, -0.1) is 5.59 Å². The van der Waals surface area contributed by atoms with E-state index in [9.17, 15) is 18.0 Å². The van der Waals surface area contributed by atoms with Gasteiger partial charge in [0.2, 0.25) is 27.8 Å². The summed E-state index contributed by atoms with van der Waals surface area (Å²) in [6.07, 6.45) is 5.56. The average molecular weight is 658 g/mol. The van der Waals surface area contributed by atoms with E-state index < -0.39 is 28.8 Å². The molecule has 2 amide bonds. The first kappa shape index (κ1) is 37.5. The first-order chi connectivity index (χ1) is 21.1. The molecule has 16 heteroatoms. The topological polar surface area (TPSA) is 205 Å². The second kappa shape index (κ2) is 16.2. The molecule has 4 fully saturated rings. The Morgan fingerprint density at radius 1 is 1.11 bits per heavy atom. The van der Waals surface area contributed by atoms with E-state index in [-0.39, 0.29) is 59.9 Å². The Bertz CT molecular complexity index is 1140. The van der Waals surface area contributed by atoms with Crippen molar-refractivity contribution in [2.45, 2.75) is 123 Å². The molecule has 8 N–H and O–H groups in total. The minimum atomic E-state index is -3.24. The van der Waals surface area contributed by atoms with Gasteiger partial charge in [0, 0.05) is 19.5 Å². The van der Waals surface area contributed by atoms with E-state index in [0.717, 1.165) is 12.8 Å². The molecule has 0 spiro atoms. The number of sulfonamides is 1. The molecule has 2 bridgehead atoms. The van der Waals surface area contributed by atoms with Gasteiger partial charge in [0.1, 0.15) is 6.04 Å². The normalized spacial score (nSPS) is 27.0. The Balaban J connectivity index is 1.61. The molecule has 0 radical (unpaired) electrons. The van der Waals surface area contributed by atoms with Crippen molar-refractivity contribution in [2.75, 3.05) is 18.8 Å². The third kappa shape index (κ3) is 10.0. The molecule has 1 aliphatic heterocycles. The number of aliphatic imine (C=N–C) groups is 1. The van der Waals surface area contributed by atoms with E-state index >= 15 is 0 Å². The number of hydrogen-bond acceptors (Lipinski definition) is 9. The molecule has 0 aromatic carbocycles. The SMILES string of the molecule is CCS(=O)(=O)NCCCCCC(=O)N[C@@H](CCCN=C(N)NNO)C(=O)N[C@@H](CC(C)C)B1O[C@@H]2C[C@@H]3C[C@@H](C3(C)C)[C@]2(C)O1. The van der Waals surface area contributed by atoms with Gasteiger partial charge in [-0.25, -0.2) is 13.1 Å². The van der Waals surface area contributed by atoms with Crippen molar-refractivity contribution < 1.29 is 32.5 Å². The summed E-state index contributed by atoms with van der Waals surface area (Å²) < 4.78 is 38.9. The van der Waals surface area contributed by atoms with Crippen LogP contribution in [0.4, 0.5) is 0 Å². The Morgan fingerprint density at radius 2 is 1.84 bits per heavy atom. The lowest BCUT2D eigenvalue weighted by Crippen LogP contribution is -2.65. The Hall–Kier alpha value is -1.98. The molecule has 6 atom stereocenters. The first-order valence-corrected chi connectivity index (χ1v) is 18.1. The van der Waals surface area contributed by atoms with Gasteiger partial charge >= 0.3 is 7.12 Å². The number of hydrogen-bond donors (Lipinski definition) is 7. The average Bonchev–Trinajstić information content (AvgIpc) is 3.33. The zero-order chi connectivity index (χ0) is 33.4. The minimum Gasteiger partial charge on any atom is -0.404 e. The highest BCUT2D eigenvalue weighted by atomic mass is 32.2. The summed E-state index contributed by atoms with van der Waals surface area (Å²) in [4.78, 5) is 30.7. The molecule has 258 valence electrons. The fourth-order valence-corrected chi connectivity index (χ4v) is 7.80. The van der Waals surface area contributed by atoms with Crippen molar-refractivity contribution in [3.05, 3.63) is 0 Å². The minimum absolute atomic E-state index is 0.00710. The van der Waals surface area contributed by atoms with Crippen LogP contribution in [0.2, 0.25) is 0 Å². The highest BCUT2D eigenvalue weighted by Gasteiger charge is 2.68. The van der Waals surface area contributed by atoms with Crippen LogP contribution in [0.1, 0.15) is 99.3 Å². The zero-order valence-electron chi connectivity index (χ0n) is 27.9. The Morgan fingerprint density at radius 3 is 2.49 bits per heavy atom. The van der Waals surface area contributed by atoms with Gasteiger partial charge in [-0.2, -0.15) is 0 Å². The number of carbonyl (C=O) groups is 2. The molecule has 3 aliphatic carbocycles. The number of unbranched alkanes of at least 4 members (excludes halogenated alkanes) is 2. The van der Waals surface area contributed by atoms with E-state index in [4.69, 9.17) is 20.2 Å². The van der Waals surface area contributed by atoms with Gasteiger partial charge < -0.3 is 25.7 Å². The van der Waals surface area contributed by atoms with Gasteiger partial charge in [0.25, 0.3) is 0 Å². The van der Waals surface area contributed by atoms with Crippen LogP contribution in [-0.2, 0) is 28.9 Å². The number of amides is 2. The van der Waals surface area contributed by atoms with Crippen LogP contribution < -0.4 is 32.1 Å². The van der Waals surface area contributed by atoms with E-state index in [2.05, 4.69) is 60.4 Å². The number of nitrogens with one attached hydrogen (secondary N) is 5. The van der Waals surface area contributed by atoms with Crippen LogP contribution in [0.5, 0.6) is 0 Å². The largest absolute Gasteiger partial charge is 0.481 e. The smallest absolute Gasteiger partial charge is 0.404 e. The summed E-state index contributed by atoms with van der Waals surface area (Å²) in [6, 6.07) is -0.810. The maximum Gasteiger partial charge on any atom is 0.481 e.